The fourth-order valence-corrected chi connectivity index (χ4v) is 4.56. The molecule has 1 aromatic carbocycles. The summed E-state index contributed by atoms with van der Waals surface area (Å²) >= 11 is 6.12. The minimum atomic E-state index is 0.530. The summed E-state index contributed by atoms with van der Waals surface area (Å²) in [6, 6.07) is 11.5. The van der Waals surface area contributed by atoms with E-state index < -0.39 is 0 Å². The summed E-state index contributed by atoms with van der Waals surface area (Å²) in [6.45, 7) is 5.44. The standard InChI is InChI=1S/C26H28ClN7O2/c1-17-11-24(32-26(30-17)31-19-13-20(35-2)15-21(14-19)36-3)34-8-4-7-33(9-10-34)23-5-6-28-22-12-18(27)16-29-25(22)23/h5-6,11-16H,4,7-10H2,1-3H3,(H,30,31,32). The molecule has 1 aliphatic heterocycles. The van der Waals surface area contributed by atoms with E-state index in [-0.39, 0.29) is 0 Å². The molecule has 0 bridgehead atoms. The number of ether oxygens (including phenoxy) is 2. The molecule has 1 saturated heterocycles. The predicted octanol–water partition coefficient (Wildman–Crippen LogP) is 4.86. The number of hydrogen-bond acceptors (Lipinski definition) is 9. The van der Waals surface area contributed by atoms with E-state index in [4.69, 9.17) is 26.1 Å². The number of methoxy groups -OCH3 is 2. The van der Waals surface area contributed by atoms with Crippen molar-refractivity contribution < 1.29 is 9.47 Å². The molecule has 0 unspecified atom stereocenters. The maximum atomic E-state index is 6.12. The van der Waals surface area contributed by atoms with Crippen LogP contribution in [0.2, 0.25) is 5.02 Å². The molecule has 4 aromatic rings. The van der Waals surface area contributed by atoms with E-state index in [0.717, 1.165) is 66.5 Å². The number of hydrogen-bond donors (Lipinski definition) is 1. The van der Waals surface area contributed by atoms with Gasteiger partial charge >= 0.3 is 0 Å². The second-order valence-electron chi connectivity index (χ2n) is 8.60. The maximum absolute atomic E-state index is 6.12. The molecule has 0 atom stereocenters. The molecule has 1 N–H and O–H groups in total. The molecule has 1 aliphatic rings. The summed E-state index contributed by atoms with van der Waals surface area (Å²) in [5.41, 5.74) is 4.43. The van der Waals surface area contributed by atoms with Crippen molar-refractivity contribution in [2.75, 3.05) is 55.5 Å². The van der Waals surface area contributed by atoms with E-state index in [1.54, 1.807) is 20.4 Å². The molecule has 1 fully saturated rings. The molecular weight excluding hydrogens is 478 g/mol. The number of fused-ring (bicyclic) bond motifs is 1. The zero-order valence-electron chi connectivity index (χ0n) is 20.5. The fourth-order valence-electron chi connectivity index (χ4n) is 4.41. The van der Waals surface area contributed by atoms with Gasteiger partial charge in [0.05, 0.1) is 30.4 Å². The first-order chi connectivity index (χ1) is 17.5. The van der Waals surface area contributed by atoms with Gasteiger partial charge in [-0.05, 0) is 25.5 Å². The van der Waals surface area contributed by atoms with Gasteiger partial charge in [-0.2, -0.15) is 4.98 Å². The van der Waals surface area contributed by atoms with Crippen LogP contribution in [0, 0.1) is 6.92 Å². The molecule has 0 amide bonds. The van der Waals surface area contributed by atoms with Gasteiger partial charge in [0.2, 0.25) is 5.95 Å². The van der Waals surface area contributed by atoms with E-state index in [0.29, 0.717) is 22.5 Å². The van der Waals surface area contributed by atoms with Gasteiger partial charge in [-0.1, -0.05) is 11.6 Å². The lowest BCUT2D eigenvalue weighted by atomic mass is 10.2. The second-order valence-corrected chi connectivity index (χ2v) is 9.03. The van der Waals surface area contributed by atoms with Gasteiger partial charge in [0.25, 0.3) is 0 Å². The SMILES string of the molecule is COc1cc(Nc2nc(C)cc(N3CCCN(c4ccnc5cc(Cl)cnc45)CC3)n2)cc(OC)c1. The lowest BCUT2D eigenvalue weighted by Crippen LogP contribution is -2.31. The highest BCUT2D eigenvalue weighted by atomic mass is 35.5. The fraction of sp³-hybridized carbons (Fsp3) is 0.308. The summed E-state index contributed by atoms with van der Waals surface area (Å²) in [5, 5.41) is 3.89. The molecule has 10 heteroatoms. The van der Waals surface area contributed by atoms with Gasteiger partial charge in [-0.25, -0.2) is 4.98 Å². The Kier molecular flexibility index (Phi) is 6.90. The third kappa shape index (κ3) is 5.21. The summed E-state index contributed by atoms with van der Waals surface area (Å²) in [6.07, 6.45) is 4.48. The molecule has 5 rings (SSSR count). The van der Waals surface area contributed by atoms with Crippen LogP contribution in [0.25, 0.3) is 11.0 Å². The van der Waals surface area contributed by atoms with Crippen molar-refractivity contribution in [3.05, 3.63) is 59.5 Å². The van der Waals surface area contributed by atoms with E-state index in [9.17, 15) is 0 Å². The second kappa shape index (κ2) is 10.4. The lowest BCUT2D eigenvalue weighted by Gasteiger charge is -2.25. The Hall–Kier alpha value is -3.85. The highest BCUT2D eigenvalue weighted by molar-refractivity contribution is 6.31. The first-order valence-corrected chi connectivity index (χ1v) is 12.2. The molecule has 0 radical (unpaired) electrons. The molecule has 0 spiro atoms. The summed E-state index contributed by atoms with van der Waals surface area (Å²) in [7, 11) is 3.25. The number of aromatic nitrogens is 4. The van der Waals surface area contributed by atoms with Crippen molar-refractivity contribution in [3.8, 4) is 11.5 Å². The Morgan fingerprint density at radius 3 is 2.42 bits per heavy atom. The normalized spacial score (nSPS) is 14.0. The summed E-state index contributed by atoms with van der Waals surface area (Å²) in [5.74, 6) is 2.81. The Morgan fingerprint density at radius 2 is 1.64 bits per heavy atom. The van der Waals surface area contributed by atoms with E-state index in [2.05, 4.69) is 30.1 Å². The van der Waals surface area contributed by atoms with Crippen molar-refractivity contribution in [2.45, 2.75) is 13.3 Å². The molecule has 0 aliphatic carbocycles. The van der Waals surface area contributed by atoms with Crippen LogP contribution in [-0.2, 0) is 0 Å². The van der Waals surface area contributed by atoms with Gasteiger partial charge in [-0.15, -0.1) is 0 Å². The number of benzene rings is 1. The third-order valence-electron chi connectivity index (χ3n) is 6.13. The van der Waals surface area contributed by atoms with Gasteiger partial charge in [0.15, 0.2) is 0 Å². The van der Waals surface area contributed by atoms with Crippen LogP contribution in [0.4, 0.5) is 23.1 Å². The first-order valence-electron chi connectivity index (χ1n) is 11.8. The van der Waals surface area contributed by atoms with E-state index in [1.807, 2.05) is 49.5 Å². The maximum Gasteiger partial charge on any atom is 0.229 e. The first kappa shape index (κ1) is 23.9. The minimum absolute atomic E-state index is 0.530. The average Bonchev–Trinajstić information content (AvgIpc) is 3.14. The molecule has 9 nitrogen and oxygen atoms in total. The van der Waals surface area contributed by atoms with E-state index >= 15 is 0 Å². The largest absolute Gasteiger partial charge is 0.497 e. The molecule has 36 heavy (non-hydrogen) atoms. The minimum Gasteiger partial charge on any atom is -0.497 e. The number of rotatable bonds is 6. The van der Waals surface area contributed by atoms with Crippen LogP contribution in [0.5, 0.6) is 11.5 Å². The number of nitrogens with zero attached hydrogens (tertiary/aromatic N) is 6. The van der Waals surface area contributed by atoms with Crippen LogP contribution >= 0.6 is 11.6 Å². The molecule has 186 valence electrons. The lowest BCUT2D eigenvalue weighted by molar-refractivity contribution is 0.395. The number of nitrogens with one attached hydrogen (secondary N) is 1. The highest BCUT2D eigenvalue weighted by Crippen LogP contribution is 2.29. The molecular formula is C26H28ClN7O2. The third-order valence-corrected chi connectivity index (χ3v) is 6.34. The van der Waals surface area contributed by atoms with Crippen molar-refractivity contribution in [2.24, 2.45) is 0 Å². The highest BCUT2D eigenvalue weighted by Gasteiger charge is 2.20. The Labute approximate surface area is 215 Å². The van der Waals surface area contributed by atoms with Crippen molar-refractivity contribution >= 4 is 45.8 Å². The molecule has 0 saturated carbocycles. The Bertz CT molecular complexity index is 1360. The van der Waals surface area contributed by atoms with Crippen molar-refractivity contribution in [1.82, 2.24) is 19.9 Å². The van der Waals surface area contributed by atoms with Crippen LogP contribution in [0.1, 0.15) is 12.1 Å². The molecule has 3 aromatic heterocycles. The van der Waals surface area contributed by atoms with Crippen LogP contribution in [0.15, 0.2) is 48.8 Å². The van der Waals surface area contributed by atoms with Crippen molar-refractivity contribution in [3.63, 3.8) is 0 Å². The zero-order valence-corrected chi connectivity index (χ0v) is 21.3. The zero-order chi connectivity index (χ0) is 25.1. The molecule has 4 heterocycles. The average molecular weight is 506 g/mol. The van der Waals surface area contributed by atoms with Crippen LogP contribution < -0.4 is 24.6 Å². The summed E-state index contributed by atoms with van der Waals surface area (Å²) < 4.78 is 10.8. The smallest absolute Gasteiger partial charge is 0.229 e. The Morgan fingerprint density at radius 1 is 0.889 bits per heavy atom. The van der Waals surface area contributed by atoms with Gasteiger partial charge in [0, 0.05) is 74.2 Å². The van der Waals surface area contributed by atoms with Gasteiger partial charge in [-0.3, -0.25) is 9.97 Å². The predicted molar refractivity (Wildman–Crippen MR) is 143 cm³/mol. The topological polar surface area (TPSA) is 88.5 Å². The van der Waals surface area contributed by atoms with Crippen LogP contribution in [-0.4, -0.2) is 60.3 Å². The number of anilines is 4. The number of halogens is 1. The number of aryl methyl sites for hydroxylation is 1. The monoisotopic (exact) mass is 505 g/mol. The quantitative estimate of drug-likeness (QED) is 0.394. The van der Waals surface area contributed by atoms with Crippen molar-refractivity contribution in [1.29, 1.82) is 0 Å². The van der Waals surface area contributed by atoms with Gasteiger partial charge in [0.1, 0.15) is 22.8 Å². The van der Waals surface area contributed by atoms with Gasteiger partial charge < -0.3 is 24.6 Å². The number of pyridine rings is 2. The van der Waals surface area contributed by atoms with Crippen LogP contribution in [0.3, 0.4) is 0 Å². The summed E-state index contributed by atoms with van der Waals surface area (Å²) in [4.78, 5) is 23.1. The Balaban J connectivity index is 1.35. The van der Waals surface area contributed by atoms with E-state index in [1.165, 1.54) is 0 Å².